The molecule has 0 amide bonds. The third-order valence-electron chi connectivity index (χ3n) is 5.61. The Labute approximate surface area is 238 Å². The highest BCUT2D eigenvalue weighted by atomic mass is 79.9. The number of hydrogen-bond acceptors (Lipinski definition) is 7. The Balaban J connectivity index is 1.40. The van der Waals surface area contributed by atoms with Crippen LogP contribution in [0.3, 0.4) is 0 Å². The van der Waals surface area contributed by atoms with Crippen molar-refractivity contribution in [2.24, 2.45) is 0 Å². The van der Waals surface area contributed by atoms with Crippen molar-refractivity contribution < 1.29 is 23.9 Å². The molecule has 0 aliphatic carbocycles. The summed E-state index contributed by atoms with van der Waals surface area (Å²) < 4.78 is 11.1. The SMILES string of the molecule is CCOC(=O)Cc1cc(C(=O)c2ccc(C#Cc3ccc(C(=O)OCc4ccccc4)cc3)c(N)c2)sc1Br. The highest BCUT2D eigenvalue weighted by Gasteiger charge is 2.18. The number of thiophene rings is 1. The summed E-state index contributed by atoms with van der Waals surface area (Å²) in [4.78, 5) is 37.6. The number of halogens is 1. The third-order valence-corrected chi connectivity index (χ3v) is 7.57. The normalized spacial score (nSPS) is 10.3. The topological polar surface area (TPSA) is 95.7 Å². The monoisotopic (exact) mass is 601 g/mol. The number of benzene rings is 3. The molecule has 4 rings (SSSR count). The van der Waals surface area contributed by atoms with Gasteiger partial charge in [-0.2, -0.15) is 0 Å². The predicted octanol–water partition coefficient (Wildman–Crippen LogP) is 6.19. The van der Waals surface area contributed by atoms with Gasteiger partial charge in [0.05, 0.1) is 27.3 Å². The van der Waals surface area contributed by atoms with Crippen LogP contribution in [0.15, 0.2) is 82.6 Å². The lowest BCUT2D eigenvalue weighted by Gasteiger charge is -2.05. The molecule has 8 heteroatoms. The lowest BCUT2D eigenvalue weighted by atomic mass is 10.0. The molecule has 4 aromatic rings. The Kier molecular flexibility index (Phi) is 9.31. The number of carbonyl (C=O) groups excluding carboxylic acids is 3. The third kappa shape index (κ3) is 7.44. The van der Waals surface area contributed by atoms with Gasteiger partial charge in [0, 0.05) is 22.4 Å². The molecule has 0 spiro atoms. The molecule has 1 heterocycles. The second-order valence-electron chi connectivity index (χ2n) is 8.41. The Morgan fingerprint density at radius 1 is 0.897 bits per heavy atom. The molecule has 0 saturated heterocycles. The molecule has 0 saturated carbocycles. The molecule has 6 nitrogen and oxygen atoms in total. The summed E-state index contributed by atoms with van der Waals surface area (Å²) in [6.07, 6.45) is 0.0880. The van der Waals surface area contributed by atoms with Gasteiger partial charge in [-0.3, -0.25) is 9.59 Å². The van der Waals surface area contributed by atoms with Crippen molar-refractivity contribution in [2.45, 2.75) is 20.0 Å². The fourth-order valence-corrected chi connectivity index (χ4v) is 5.25. The van der Waals surface area contributed by atoms with Crippen molar-refractivity contribution in [2.75, 3.05) is 12.3 Å². The van der Waals surface area contributed by atoms with Crippen LogP contribution in [0.1, 0.15) is 54.8 Å². The van der Waals surface area contributed by atoms with Crippen LogP contribution < -0.4 is 5.73 Å². The van der Waals surface area contributed by atoms with E-state index < -0.39 is 5.97 Å². The van der Waals surface area contributed by atoms with Crippen molar-refractivity contribution in [1.82, 2.24) is 0 Å². The number of ether oxygens (including phenoxy) is 2. The van der Waals surface area contributed by atoms with Crippen molar-refractivity contribution in [3.63, 3.8) is 0 Å². The predicted molar refractivity (Wildman–Crippen MR) is 155 cm³/mol. The number of nitrogen functional groups attached to an aromatic ring is 1. The minimum atomic E-state index is -0.409. The van der Waals surface area contributed by atoms with E-state index in [-0.39, 0.29) is 24.8 Å². The summed E-state index contributed by atoms with van der Waals surface area (Å²) in [5, 5.41) is 0. The average molecular weight is 603 g/mol. The summed E-state index contributed by atoms with van der Waals surface area (Å²) in [5.74, 6) is 5.10. The fourth-order valence-electron chi connectivity index (χ4n) is 3.60. The number of anilines is 1. The van der Waals surface area contributed by atoms with Crippen molar-refractivity contribution in [3.05, 3.63) is 121 Å². The van der Waals surface area contributed by atoms with E-state index in [0.717, 1.165) is 5.56 Å². The maximum atomic E-state index is 13.0. The molecule has 2 N–H and O–H groups in total. The summed E-state index contributed by atoms with van der Waals surface area (Å²) >= 11 is 4.68. The molecule has 0 bridgehead atoms. The van der Waals surface area contributed by atoms with Gasteiger partial charge in [-0.25, -0.2) is 4.79 Å². The van der Waals surface area contributed by atoms with Crippen molar-refractivity contribution in [1.29, 1.82) is 0 Å². The molecule has 1 aromatic heterocycles. The highest BCUT2D eigenvalue weighted by Crippen LogP contribution is 2.31. The standard InChI is InChI=1S/C31H24BrNO5S/c1-2-37-28(34)18-25-17-27(39-30(25)32)29(35)24-15-14-22(26(33)16-24)11-8-20-9-12-23(13-10-20)31(36)38-19-21-6-4-3-5-7-21/h3-7,9-10,12-17H,2,18-19,33H2,1H3. The molecule has 0 aliphatic rings. The summed E-state index contributed by atoms with van der Waals surface area (Å²) in [7, 11) is 0. The van der Waals surface area contributed by atoms with E-state index in [1.165, 1.54) is 11.3 Å². The molecule has 0 fully saturated rings. The Morgan fingerprint density at radius 2 is 1.62 bits per heavy atom. The molecule has 0 unspecified atom stereocenters. The summed E-state index contributed by atoms with van der Waals surface area (Å²) in [5.41, 5.74) is 10.3. The highest BCUT2D eigenvalue weighted by molar-refractivity contribution is 9.11. The minimum absolute atomic E-state index is 0.0880. The molecular weight excluding hydrogens is 578 g/mol. The van der Waals surface area contributed by atoms with Crippen LogP contribution in [0.4, 0.5) is 5.69 Å². The zero-order valence-electron chi connectivity index (χ0n) is 21.0. The van der Waals surface area contributed by atoms with E-state index in [1.807, 2.05) is 30.3 Å². The van der Waals surface area contributed by atoms with E-state index in [4.69, 9.17) is 15.2 Å². The first-order valence-corrected chi connectivity index (χ1v) is 13.7. The van der Waals surface area contributed by atoms with Crippen LogP contribution in [0.5, 0.6) is 0 Å². The van der Waals surface area contributed by atoms with Gasteiger partial charge in [-0.1, -0.05) is 42.2 Å². The Bertz CT molecular complexity index is 1570. The van der Waals surface area contributed by atoms with Crippen LogP contribution >= 0.6 is 27.3 Å². The van der Waals surface area contributed by atoms with Crippen LogP contribution in [-0.2, 0) is 27.3 Å². The molecule has 196 valence electrons. The maximum Gasteiger partial charge on any atom is 0.338 e. The van der Waals surface area contributed by atoms with Crippen LogP contribution in [-0.4, -0.2) is 24.3 Å². The quantitative estimate of drug-likeness (QED) is 0.112. The number of nitrogens with two attached hydrogens (primary N) is 1. The van der Waals surface area contributed by atoms with Gasteiger partial charge >= 0.3 is 11.9 Å². The molecule has 0 atom stereocenters. The van der Waals surface area contributed by atoms with Gasteiger partial charge in [0.15, 0.2) is 0 Å². The molecule has 3 aromatic carbocycles. The van der Waals surface area contributed by atoms with Gasteiger partial charge < -0.3 is 15.2 Å². The second kappa shape index (κ2) is 13.1. The summed E-state index contributed by atoms with van der Waals surface area (Å²) in [6.45, 7) is 2.25. The van der Waals surface area contributed by atoms with Crippen molar-refractivity contribution in [3.8, 4) is 11.8 Å². The van der Waals surface area contributed by atoms with Gasteiger partial charge in [0.1, 0.15) is 6.61 Å². The van der Waals surface area contributed by atoms with Gasteiger partial charge in [-0.05, 0) is 82.5 Å². The molecule has 39 heavy (non-hydrogen) atoms. The van der Waals surface area contributed by atoms with E-state index in [2.05, 4.69) is 27.8 Å². The van der Waals surface area contributed by atoms with E-state index in [0.29, 0.717) is 48.8 Å². The number of hydrogen-bond donors (Lipinski definition) is 1. The van der Waals surface area contributed by atoms with Crippen LogP contribution in [0.25, 0.3) is 0 Å². The number of rotatable bonds is 8. The fraction of sp³-hybridized carbons (Fsp3) is 0.129. The van der Waals surface area contributed by atoms with Crippen LogP contribution in [0, 0.1) is 11.8 Å². The minimum Gasteiger partial charge on any atom is -0.466 e. The number of carbonyl (C=O) groups is 3. The first kappa shape index (κ1) is 27.8. The van der Waals surface area contributed by atoms with E-state index in [1.54, 1.807) is 55.5 Å². The van der Waals surface area contributed by atoms with Crippen molar-refractivity contribution >= 4 is 50.7 Å². The van der Waals surface area contributed by atoms with E-state index >= 15 is 0 Å². The smallest absolute Gasteiger partial charge is 0.338 e. The first-order chi connectivity index (χ1) is 18.8. The zero-order valence-corrected chi connectivity index (χ0v) is 23.4. The van der Waals surface area contributed by atoms with Gasteiger partial charge in [0.25, 0.3) is 0 Å². The Morgan fingerprint density at radius 3 is 2.31 bits per heavy atom. The molecule has 0 radical (unpaired) electrons. The Hall–Kier alpha value is -4.19. The van der Waals surface area contributed by atoms with Crippen LogP contribution in [0.2, 0.25) is 0 Å². The van der Waals surface area contributed by atoms with E-state index in [9.17, 15) is 14.4 Å². The van der Waals surface area contributed by atoms with Gasteiger partial charge in [-0.15, -0.1) is 11.3 Å². The summed E-state index contributed by atoms with van der Waals surface area (Å²) in [6, 6.07) is 22.9. The average Bonchev–Trinajstić information content (AvgIpc) is 3.31. The lowest BCUT2D eigenvalue weighted by Crippen LogP contribution is -2.07. The molecular formula is C31H24BrNO5S. The first-order valence-electron chi connectivity index (χ1n) is 12.0. The maximum absolute atomic E-state index is 13.0. The lowest BCUT2D eigenvalue weighted by molar-refractivity contribution is -0.142. The van der Waals surface area contributed by atoms with Gasteiger partial charge in [0.2, 0.25) is 5.78 Å². The largest absolute Gasteiger partial charge is 0.466 e. The number of esters is 2. The zero-order chi connectivity index (χ0) is 27.8. The molecule has 0 aliphatic heterocycles. The number of ketones is 1. The second-order valence-corrected chi connectivity index (χ2v) is 10.8.